The van der Waals surface area contributed by atoms with Crippen molar-refractivity contribution in [1.82, 2.24) is 14.7 Å². The molecular weight excluding hydrogens is 412 g/mol. The Hall–Kier alpha value is -1.00. The van der Waals surface area contributed by atoms with Crippen molar-refractivity contribution < 1.29 is 8.42 Å². The largest absolute Gasteiger partial charge is 0.329 e. The van der Waals surface area contributed by atoms with Crippen molar-refractivity contribution in [3.05, 3.63) is 33.2 Å². The van der Waals surface area contributed by atoms with Crippen LogP contribution in [0.25, 0.3) is 0 Å². The molecule has 3 rings (SSSR count). The second kappa shape index (κ2) is 8.35. The number of rotatable bonds is 7. The van der Waals surface area contributed by atoms with Crippen LogP contribution in [0.3, 0.4) is 0 Å². The summed E-state index contributed by atoms with van der Waals surface area (Å²) in [6.45, 7) is 3.39. The number of hydrogen-bond donors (Lipinski definition) is 1. The zero-order valence-electron chi connectivity index (χ0n) is 14.4. The molecule has 1 unspecified atom stereocenters. The fourth-order valence-corrected chi connectivity index (χ4v) is 5.96. The van der Waals surface area contributed by atoms with E-state index in [-0.39, 0.29) is 17.5 Å². The first-order valence-corrected chi connectivity index (χ1v) is 11.8. The predicted molar refractivity (Wildman–Crippen MR) is 110 cm³/mol. The van der Waals surface area contributed by atoms with Gasteiger partial charge < -0.3 is 5.32 Å². The van der Waals surface area contributed by atoms with Crippen LogP contribution in [-0.4, -0.2) is 47.2 Å². The first kappa shape index (κ1) is 19.8. The van der Waals surface area contributed by atoms with Gasteiger partial charge in [0.2, 0.25) is 5.13 Å². The van der Waals surface area contributed by atoms with E-state index >= 15 is 0 Å². The third-order valence-electron chi connectivity index (χ3n) is 4.27. The van der Waals surface area contributed by atoms with Crippen LogP contribution >= 0.6 is 35.2 Å². The summed E-state index contributed by atoms with van der Waals surface area (Å²) in [7, 11) is -2.92. The number of nitrogens with one attached hydrogen (secondary N) is 1. The summed E-state index contributed by atoms with van der Waals surface area (Å²) < 4.78 is 26.0. The Morgan fingerprint density at radius 3 is 2.88 bits per heavy atom. The van der Waals surface area contributed by atoms with Crippen molar-refractivity contribution in [2.45, 2.75) is 32.5 Å². The Morgan fingerprint density at radius 2 is 2.23 bits per heavy atom. The zero-order chi connectivity index (χ0) is 18.7. The number of nitrogens with zero attached hydrogens (tertiary/aromatic N) is 3. The molecule has 0 saturated carbocycles. The van der Waals surface area contributed by atoms with Gasteiger partial charge in [0.25, 0.3) is 0 Å². The van der Waals surface area contributed by atoms with E-state index in [1.807, 2.05) is 24.3 Å². The number of anilines is 2. The van der Waals surface area contributed by atoms with Crippen LogP contribution in [0.2, 0.25) is 5.02 Å². The van der Waals surface area contributed by atoms with Crippen LogP contribution in [0.15, 0.2) is 24.3 Å². The number of aromatic nitrogens is 2. The van der Waals surface area contributed by atoms with Gasteiger partial charge in [-0.05, 0) is 43.7 Å². The SMILES string of the molecule is CCCN(Cn1nc(Nc2ccccc2Cl)sc1=S)C1CCS(=O)(=O)C1. The van der Waals surface area contributed by atoms with E-state index in [0.29, 0.717) is 27.2 Å². The van der Waals surface area contributed by atoms with Crippen LogP contribution < -0.4 is 5.32 Å². The molecule has 10 heteroatoms. The first-order valence-electron chi connectivity index (χ1n) is 8.42. The van der Waals surface area contributed by atoms with Crippen molar-refractivity contribution in [3.8, 4) is 0 Å². The van der Waals surface area contributed by atoms with Gasteiger partial charge in [-0.25, -0.2) is 13.1 Å². The third kappa shape index (κ3) is 4.83. The van der Waals surface area contributed by atoms with Gasteiger partial charge in [-0.2, -0.15) is 0 Å². The Balaban J connectivity index is 1.75. The Morgan fingerprint density at radius 1 is 1.46 bits per heavy atom. The lowest BCUT2D eigenvalue weighted by atomic mass is 10.2. The van der Waals surface area contributed by atoms with E-state index in [4.69, 9.17) is 23.8 Å². The highest BCUT2D eigenvalue weighted by molar-refractivity contribution is 7.91. The third-order valence-corrected chi connectivity index (χ3v) is 7.58. The minimum Gasteiger partial charge on any atom is -0.329 e. The number of para-hydroxylation sites is 1. The van der Waals surface area contributed by atoms with Crippen molar-refractivity contribution in [2.75, 3.05) is 23.4 Å². The van der Waals surface area contributed by atoms with Crippen LogP contribution in [0.1, 0.15) is 19.8 Å². The Bertz CT molecular complexity index is 926. The Kier molecular flexibility index (Phi) is 6.34. The number of benzene rings is 1. The molecule has 1 aromatic heterocycles. The van der Waals surface area contributed by atoms with Gasteiger partial charge in [-0.1, -0.05) is 42.0 Å². The molecule has 0 bridgehead atoms. The average molecular weight is 433 g/mol. The molecule has 1 fully saturated rings. The molecule has 0 aliphatic carbocycles. The topological polar surface area (TPSA) is 67.2 Å². The quantitative estimate of drug-likeness (QED) is 0.668. The fraction of sp³-hybridized carbons (Fsp3) is 0.500. The highest BCUT2D eigenvalue weighted by Crippen LogP contribution is 2.27. The lowest BCUT2D eigenvalue weighted by Gasteiger charge is -2.27. The molecule has 1 aliphatic rings. The molecule has 142 valence electrons. The van der Waals surface area contributed by atoms with Crippen molar-refractivity contribution in [2.24, 2.45) is 0 Å². The van der Waals surface area contributed by atoms with E-state index in [2.05, 4.69) is 22.2 Å². The molecule has 1 aromatic carbocycles. The van der Waals surface area contributed by atoms with Gasteiger partial charge in [0.1, 0.15) is 0 Å². The van der Waals surface area contributed by atoms with E-state index in [0.717, 1.165) is 18.7 Å². The van der Waals surface area contributed by atoms with Crippen LogP contribution in [0.4, 0.5) is 10.8 Å². The van der Waals surface area contributed by atoms with E-state index in [1.54, 1.807) is 4.68 Å². The lowest BCUT2D eigenvalue weighted by molar-refractivity contribution is 0.156. The van der Waals surface area contributed by atoms with E-state index in [9.17, 15) is 8.42 Å². The van der Waals surface area contributed by atoms with Crippen molar-refractivity contribution in [1.29, 1.82) is 0 Å². The van der Waals surface area contributed by atoms with Crippen LogP contribution in [0.5, 0.6) is 0 Å². The molecule has 0 spiro atoms. The molecule has 2 heterocycles. The Labute approximate surface area is 167 Å². The maximum absolute atomic E-state index is 11.8. The number of halogens is 1. The van der Waals surface area contributed by atoms with E-state index in [1.165, 1.54) is 11.3 Å². The second-order valence-electron chi connectivity index (χ2n) is 6.29. The first-order chi connectivity index (χ1) is 12.4. The molecule has 0 radical (unpaired) electrons. The molecule has 1 N–H and O–H groups in total. The van der Waals surface area contributed by atoms with Crippen LogP contribution in [-0.2, 0) is 16.5 Å². The summed E-state index contributed by atoms with van der Waals surface area (Å²) in [4.78, 5) is 2.17. The van der Waals surface area contributed by atoms with Crippen molar-refractivity contribution >= 4 is 55.8 Å². The second-order valence-corrected chi connectivity index (χ2v) is 10.5. The van der Waals surface area contributed by atoms with Gasteiger partial charge >= 0.3 is 0 Å². The summed E-state index contributed by atoms with van der Waals surface area (Å²) >= 11 is 13.0. The standard InChI is InChI=1S/C16H21ClN4O2S3/c1-2-8-20(12-7-9-26(22,23)10-12)11-21-16(24)25-15(19-21)18-14-6-4-3-5-13(14)17/h3-6,12H,2,7-11H2,1H3,(H,18,19). The summed E-state index contributed by atoms with van der Waals surface area (Å²) in [6, 6.07) is 7.48. The molecule has 6 nitrogen and oxygen atoms in total. The highest BCUT2D eigenvalue weighted by atomic mass is 35.5. The van der Waals surface area contributed by atoms with Crippen LogP contribution in [0, 0.1) is 3.95 Å². The molecule has 0 amide bonds. The molecule has 2 aromatic rings. The predicted octanol–water partition coefficient (Wildman–Crippen LogP) is 3.93. The molecule has 1 atom stereocenters. The lowest BCUT2D eigenvalue weighted by Crippen LogP contribution is -2.38. The normalized spacial score (nSPS) is 19.1. The number of hydrogen-bond acceptors (Lipinski definition) is 7. The van der Waals surface area contributed by atoms with Gasteiger partial charge in [-0.15, -0.1) is 5.10 Å². The summed E-state index contributed by atoms with van der Waals surface area (Å²) in [5, 5.41) is 9.02. The minimum absolute atomic E-state index is 0.0310. The monoisotopic (exact) mass is 432 g/mol. The summed E-state index contributed by atoms with van der Waals surface area (Å²) in [5.74, 6) is 0.481. The zero-order valence-corrected chi connectivity index (χ0v) is 17.6. The number of sulfone groups is 1. The van der Waals surface area contributed by atoms with Gasteiger partial charge in [0, 0.05) is 6.04 Å². The fourth-order valence-electron chi connectivity index (χ4n) is 3.02. The van der Waals surface area contributed by atoms with E-state index < -0.39 is 9.84 Å². The smallest absolute Gasteiger partial charge is 0.209 e. The maximum Gasteiger partial charge on any atom is 0.209 e. The van der Waals surface area contributed by atoms with Crippen molar-refractivity contribution in [3.63, 3.8) is 0 Å². The summed E-state index contributed by atoms with van der Waals surface area (Å²) in [5.41, 5.74) is 0.775. The molecule has 1 aliphatic heterocycles. The molecule has 1 saturated heterocycles. The van der Waals surface area contributed by atoms with Gasteiger partial charge in [-0.3, -0.25) is 4.90 Å². The minimum atomic E-state index is -2.92. The highest BCUT2D eigenvalue weighted by Gasteiger charge is 2.32. The summed E-state index contributed by atoms with van der Waals surface area (Å²) in [6.07, 6.45) is 1.61. The van der Waals surface area contributed by atoms with Gasteiger partial charge in [0.15, 0.2) is 13.8 Å². The molecular formula is C16H21ClN4O2S3. The average Bonchev–Trinajstić information content (AvgIpc) is 3.11. The van der Waals surface area contributed by atoms with Gasteiger partial charge in [0.05, 0.1) is 28.9 Å². The maximum atomic E-state index is 11.8. The molecule has 26 heavy (non-hydrogen) atoms.